The first-order valence-electron chi connectivity index (χ1n) is 9.36. The number of aryl methyl sites for hydroxylation is 1. The minimum Gasteiger partial charge on any atom is -0.337 e. The van der Waals surface area contributed by atoms with Crippen molar-refractivity contribution in [2.24, 2.45) is 7.05 Å². The molecule has 2 aromatic rings. The average Bonchev–Trinajstić information content (AvgIpc) is 3.11. The second-order valence-electron chi connectivity index (χ2n) is 7.63. The molecule has 0 unspecified atom stereocenters. The normalized spacial score (nSPS) is 18.6. The van der Waals surface area contributed by atoms with Gasteiger partial charge in [0, 0.05) is 19.1 Å². The standard InChI is InChI=1S/C20H30N4O/c1-14(2)24(15(3)4)19(25)13-23-12-8-11-18(23)20-21-16-9-6-7-10-17(16)22(20)5/h6-7,9-10,14-15,18H,8,11-13H2,1-5H3/t18-/m0/s1. The van der Waals surface area contributed by atoms with Gasteiger partial charge in [-0.15, -0.1) is 0 Å². The molecule has 1 amide bonds. The van der Waals surface area contributed by atoms with Gasteiger partial charge in [-0.25, -0.2) is 4.98 Å². The van der Waals surface area contributed by atoms with Crippen LogP contribution in [0.25, 0.3) is 11.0 Å². The number of hydrogen-bond acceptors (Lipinski definition) is 3. The molecule has 0 aliphatic carbocycles. The van der Waals surface area contributed by atoms with Gasteiger partial charge in [0.25, 0.3) is 0 Å². The van der Waals surface area contributed by atoms with Crippen LogP contribution in [0.4, 0.5) is 0 Å². The molecule has 3 rings (SSSR count). The lowest BCUT2D eigenvalue weighted by Crippen LogP contribution is -2.47. The molecule has 1 aliphatic heterocycles. The Kier molecular flexibility index (Phi) is 5.13. The van der Waals surface area contributed by atoms with Gasteiger partial charge in [0.05, 0.1) is 23.6 Å². The van der Waals surface area contributed by atoms with Gasteiger partial charge in [-0.1, -0.05) is 12.1 Å². The Morgan fingerprint density at radius 1 is 1.24 bits per heavy atom. The summed E-state index contributed by atoms with van der Waals surface area (Å²) in [5, 5.41) is 0. The summed E-state index contributed by atoms with van der Waals surface area (Å²) in [6.07, 6.45) is 2.18. The van der Waals surface area contributed by atoms with Gasteiger partial charge in [-0.3, -0.25) is 9.69 Å². The zero-order chi connectivity index (χ0) is 18.1. The molecule has 136 valence electrons. The number of carbonyl (C=O) groups is 1. The second kappa shape index (κ2) is 7.16. The van der Waals surface area contributed by atoms with Gasteiger partial charge < -0.3 is 9.47 Å². The third-order valence-electron chi connectivity index (χ3n) is 5.22. The van der Waals surface area contributed by atoms with Crippen molar-refractivity contribution in [2.75, 3.05) is 13.1 Å². The molecule has 25 heavy (non-hydrogen) atoms. The topological polar surface area (TPSA) is 41.4 Å². The van der Waals surface area contributed by atoms with Gasteiger partial charge in [0.1, 0.15) is 5.82 Å². The number of para-hydroxylation sites is 2. The summed E-state index contributed by atoms with van der Waals surface area (Å²) in [5.74, 6) is 1.29. The van der Waals surface area contributed by atoms with Crippen LogP contribution >= 0.6 is 0 Å². The SMILES string of the molecule is CC(C)N(C(=O)CN1CCC[C@H]1c1nc2ccccc2n1C)C(C)C. The Morgan fingerprint density at radius 2 is 1.92 bits per heavy atom. The largest absolute Gasteiger partial charge is 0.337 e. The number of imidazole rings is 1. The van der Waals surface area contributed by atoms with E-state index in [2.05, 4.69) is 56.3 Å². The van der Waals surface area contributed by atoms with E-state index in [1.54, 1.807) is 0 Å². The lowest BCUT2D eigenvalue weighted by atomic mass is 10.2. The van der Waals surface area contributed by atoms with E-state index in [9.17, 15) is 4.79 Å². The van der Waals surface area contributed by atoms with E-state index in [1.807, 2.05) is 17.0 Å². The lowest BCUT2D eigenvalue weighted by molar-refractivity contribution is -0.136. The van der Waals surface area contributed by atoms with Gasteiger partial charge in [-0.05, 0) is 59.2 Å². The first-order valence-corrected chi connectivity index (χ1v) is 9.36. The van der Waals surface area contributed by atoms with Crippen molar-refractivity contribution in [1.29, 1.82) is 0 Å². The summed E-state index contributed by atoms with van der Waals surface area (Å²) < 4.78 is 2.19. The molecule has 1 atom stereocenters. The number of carbonyl (C=O) groups excluding carboxylic acids is 1. The van der Waals surface area contributed by atoms with Crippen LogP contribution in [0.5, 0.6) is 0 Å². The number of aromatic nitrogens is 2. The number of nitrogens with zero attached hydrogens (tertiary/aromatic N) is 4. The number of rotatable bonds is 5. The van der Waals surface area contributed by atoms with Crippen molar-refractivity contribution in [2.45, 2.75) is 58.7 Å². The summed E-state index contributed by atoms with van der Waals surface area (Å²) in [7, 11) is 2.08. The molecule has 1 fully saturated rings. The van der Waals surface area contributed by atoms with Crippen LogP contribution in [0.2, 0.25) is 0 Å². The number of amides is 1. The minimum atomic E-state index is 0.218. The summed E-state index contributed by atoms with van der Waals surface area (Å²) >= 11 is 0. The van der Waals surface area contributed by atoms with Crippen molar-refractivity contribution in [1.82, 2.24) is 19.4 Å². The summed E-state index contributed by atoms with van der Waals surface area (Å²) in [4.78, 5) is 22.0. The Morgan fingerprint density at radius 3 is 2.56 bits per heavy atom. The third kappa shape index (κ3) is 3.43. The maximum atomic E-state index is 12.9. The van der Waals surface area contributed by atoms with Crippen LogP contribution in [-0.4, -0.2) is 50.4 Å². The van der Waals surface area contributed by atoms with Crippen LogP contribution < -0.4 is 0 Å². The van der Waals surface area contributed by atoms with Crippen LogP contribution in [0.1, 0.15) is 52.4 Å². The molecule has 5 nitrogen and oxygen atoms in total. The Balaban J connectivity index is 1.82. The molecular formula is C20H30N4O. The number of fused-ring (bicyclic) bond motifs is 1. The monoisotopic (exact) mass is 342 g/mol. The minimum absolute atomic E-state index is 0.218. The summed E-state index contributed by atoms with van der Waals surface area (Å²) in [6.45, 7) is 9.79. The number of likely N-dealkylation sites (tertiary alicyclic amines) is 1. The molecule has 0 N–H and O–H groups in total. The first-order chi connectivity index (χ1) is 11.9. The fraction of sp³-hybridized carbons (Fsp3) is 0.600. The zero-order valence-electron chi connectivity index (χ0n) is 16.1. The predicted molar refractivity (Wildman–Crippen MR) is 101 cm³/mol. The maximum absolute atomic E-state index is 12.9. The van der Waals surface area contributed by atoms with Crippen LogP contribution in [0, 0.1) is 0 Å². The quantitative estimate of drug-likeness (QED) is 0.837. The second-order valence-corrected chi connectivity index (χ2v) is 7.63. The molecular weight excluding hydrogens is 312 g/mol. The highest BCUT2D eigenvalue weighted by Crippen LogP contribution is 2.32. The Labute approximate surface area is 150 Å². The smallest absolute Gasteiger partial charge is 0.237 e. The summed E-state index contributed by atoms with van der Waals surface area (Å²) in [5.41, 5.74) is 2.19. The molecule has 5 heteroatoms. The first kappa shape index (κ1) is 17.9. The molecule has 1 aromatic carbocycles. The number of benzene rings is 1. The molecule has 1 saturated heterocycles. The maximum Gasteiger partial charge on any atom is 0.237 e. The van der Waals surface area contributed by atoms with E-state index in [4.69, 9.17) is 4.98 Å². The number of hydrogen-bond donors (Lipinski definition) is 0. The van der Waals surface area contributed by atoms with E-state index >= 15 is 0 Å². The zero-order valence-corrected chi connectivity index (χ0v) is 16.1. The Hall–Kier alpha value is -1.88. The average molecular weight is 342 g/mol. The van der Waals surface area contributed by atoms with Crippen LogP contribution in [-0.2, 0) is 11.8 Å². The summed E-state index contributed by atoms with van der Waals surface area (Å²) in [6, 6.07) is 8.92. The molecule has 1 aliphatic rings. The molecule has 0 spiro atoms. The fourth-order valence-electron chi connectivity index (χ4n) is 4.20. The van der Waals surface area contributed by atoms with Crippen LogP contribution in [0.15, 0.2) is 24.3 Å². The van der Waals surface area contributed by atoms with Gasteiger partial charge >= 0.3 is 0 Å². The van der Waals surface area contributed by atoms with Gasteiger partial charge in [0.15, 0.2) is 0 Å². The van der Waals surface area contributed by atoms with E-state index in [0.717, 1.165) is 36.2 Å². The molecule has 0 bridgehead atoms. The predicted octanol–water partition coefficient (Wildman–Crippen LogP) is 3.36. The van der Waals surface area contributed by atoms with E-state index in [-0.39, 0.29) is 24.0 Å². The van der Waals surface area contributed by atoms with Crippen molar-refractivity contribution in [3.8, 4) is 0 Å². The molecule has 2 heterocycles. The Bertz CT molecular complexity index is 741. The third-order valence-corrected chi connectivity index (χ3v) is 5.22. The fourth-order valence-corrected chi connectivity index (χ4v) is 4.20. The van der Waals surface area contributed by atoms with Gasteiger partial charge in [-0.2, -0.15) is 0 Å². The highest BCUT2D eigenvalue weighted by molar-refractivity contribution is 5.79. The highest BCUT2D eigenvalue weighted by Gasteiger charge is 2.33. The van der Waals surface area contributed by atoms with Crippen molar-refractivity contribution < 1.29 is 4.79 Å². The molecule has 0 radical (unpaired) electrons. The molecule has 1 aromatic heterocycles. The van der Waals surface area contributed by atoms with E-state index < -0.39 is 0 Å². The lowest BCUT2D eigenvalue weighted by Gasteiger charge is -2.33. The highest BCUT2D eigenvalue weighted by atomic mass is 16.2. The van der Waals surface area contributed by atoms with Crippen molar-refractivity contribution in [3.63, 3.8) is 0 Å². The van der Waals surface area contributed by atoms with E-state index in [1.165, 1.54) is 0 Å². The van der Waals surface area contributed by atoms with Crippen molar-refractivity contribution in [3.05, 3.63) is 30.1 Å². The van der Waals surface area contributed by atoms with Crippen molar-refractivity contribution >= 4 is 16.9 Å². The molecule has 0 saturated carbocycles. The van der Waals surface area contributed by atoms with E-state index in [0.29, 0.717) is 6.54 Å². The van der Waals surface area contributed by atoms with Crippen LogP contribution in [0.3, 0.4) is 0 Å². The van der Waals surface area contributed by atoms with Gasteiger partial charge in [0.2, 0.25) is 5.91 Å².